The third-order valence-electron chi connectivity index (χ3n) is 7.34. The summed E-state index contributed by atoms with van der Waals surface area (Å²) < 4.78 is 8.65. The van der Waals surface area contributed by atoms with Gasteiger partial charge in [0.2, 0.25) is 5.95 Å². The summed E-state index contributed by atoms with van der Waals surface area (Å²) in [5, 5.41) is 14.1. The minimum Gasteiger partial charge on any atom is -0.444 e. The molecule has 1 amide bonds. The van der Waals surface area contributed by atoms with Gasteiger partial charge in [0.15, 0.2) is 11.5 Å². The molecule has 0 spiro atoms. The molecule has 0 aliphatic carbocycles. The lowest BCUT2D eigenvalue weighted by Crippen LogP contribution is -2.41. The van der Waals surface area contributed by atoms with E-state index in [0.717, 1.165) is 18.5 Å². The Morgan fingerprint density at radius 1 is 1.09 bits per heavy atom. The number of nitrogens with one attached hydrogen (secondary N) is 1. The summed E-state index contributed by atoms with van der Waals surface area (Å²) >= 11 is 0. The first-order valence-corrected chi connectivity index (χ1v) is 14.5. The zero-order chi connectivity index (χ0) is 30.9. The molecule has 1 aliphatic rings. The lowest BCUT2D eigenvalue weighted by molar-refractivity contribution is 0.0204. The van der Waals surface area contributed by atoms with Gasteiger partial charge in [0.25, 0.3) is 5.56 Å². The van der Waals surface area contributed by atoms with Gasteiger partial charge in [-0.1, -0.05) is 24.3 Å². The monoisotopic (exact) mass is 585 g/mol. The van der Waals surface area contributed by atoms with Crippen molar-refractivity contribution in [1.29, 1.82) is 0 Å². The number of amides is 1. The van der Waals surface area contributed by atoms with Crippen LogP contribution in [0.25, 0.3) is 16.9 Å². The van der Waals surface area contributed by atoms with Crippen molar-refractivity contribution >= 4 is 28.8 Å². The van der Waals surface area contributed by atoms with Crippen LogP contribution in [0.5, 0.6) is 0 Å². The second kappa shape index (κ2) is 11.6. The Morgan fingerprint density at radius 2 is 1.79 bits per heavy atom. The quantitative estimate of drug-likeness (QED) is 0.282. The molecule has 43 heavy (non-hydrogen) atoms. The molecule has 0 unspecified atom stereocenters. The van der Waals surface area contributed by atoms with Crippen LogP contribution in [-0.2, 0) is 16.9 Å². The number of anilines is 2. The number of aliphatic hydroxyl groups is 1. The van der Waals surface area contributed by atoms with Crippen LogP contribution in [0.2, 0.25) is 0 Å². The number of ether oxygens (including phenoxy) is 1. The van der Waals surface area contributed by atoms with Gasteiger partial charge in [-0.25, -0.2) is 24.1 Å². The van der Waals surface area contributed by atoms with Crippen molar-refractivity contribution < 1.29 is 14.6 Å². The fourth-order valence-electron chi connectivity index (χ4n) is 5.18. The summed E-state index contributed by atoms with van der Waals surface area (Å²) in [5.41, 5.74) is 0.933. The molecule has 11 heteroatoms. The van der Waals surface area contributed by atoms with Crippen molar-refractivity contribution in [2.24, 2.45) is 0 Å². The fourth-order valence-corrected chi connectivity index (χ4v) is 5.18. The Morgan fingerprint density at radius 3 is 2.42 bits per heavy atom. The molecule has 0 bridgehead atoms. The molecule has 4 aromatic rings. The van der Waals surface area contributed by atoms with E-state index >= 15 is 0 Å². The van der Waals surface area contributed by atoms with Gasteiger partial charge in [-0.2, -0.15) is 4.98 Å². The van der Waals surface area contributed by atoms with Crippen molar-refractivity contribution in [1.82, 2.24) is 29.2 Å². The van der Waals surface area contributed by atoms with E-state index in [1.165, 1.54) is 16.4 Å². The molecule has 0 saturated carbocycles. The first-order valence-electron chi connectivity index (χ1n) is 14.5. The summed E-state index contributed by atoms with van der Waals surface area (Å²) in [5.74, 6) is 1.13. The standard InChI is InChI=1S/C32H39N7O4/c1-7-17-38-28(40)24-20-33-29(36-27(24)39(38)26-10-8-9-25(35-26)32(5,6)42)34-23-13-11-21(12-14-23)22-15-18-37(19-16-22)30(41)43-31(2,3)4/h7-14,20,22,42H,1,15-19H2,2-6H3,(H,33,34,36). The number of carbonyl (C=O) groups excluding carboxylic acids is 1. The van der Waals surface area contributed by atoms with E-state index in [1.807, 2.05) is 32.9 Å². The smallest absolute Gasteiger partial charge is 0.410 e. The normalized spacial score (nSPS) is 14.6. The zero-order valence-electron chi connectivity index (χ0n) is 25.4. The molecule has 226 valence electrons. The van der Waals surface area contributed by atoms with Crippen LogP contribution < -0.4 is 10.9 Å². The number of piperidine rings is 1. The van der Waals surface area contributed by atoms with E-state index in [4.69, 9.17) is 9.72 Å². The number of benzene rings is 1. The predicted molar refractivity (Wildman–Crippen MR) is 166 cm³/mol. The van der Waals surface area contributed by atoms with Gasteiger partial charge >= 0.3 is 6.09 Å². The Balaban J connectivity index is 1.36. The van der Waals surface area contributed by atoms with Gasteiger partial charge in [-0.15, -0.1) is 6.58 Å². The molecule has 1 aliphatic heterocycles. The molecule has 1 fully saturated rings. The van der Waals surface area contributed by atoms with E-state index < -0.39 is 11.2 Å². The second-order valence-electron chi connectivity index (χ2n) is 12.3. The minimum atomic E-state index is -1.16. The summed E-state index contributed by atoms with van der Waals surface area (Å²) in [6, 6.07) is 13.4. The number of fused-ring (bicyclic) bond motifs is 1. The van der Waals surface area contributed by atoms with Crippen LogP contribution >= 0.6 is 0 Å². The molecule has 1 saturated heterocycles. The van der Waals surface area contributed by atoms with Crippen LogP contribution in [0, 0.1) is 0 Å². The number of carbonyl (C=O) groups is 1. The predicted octanol–water partition coefficient (Wildman–Crippen LogP) is 5.25. The van der Waals surface area contributed by atoms with E-state index in [9.17, 15) is 14.7 Å². The Bertz CT molecular complexity index is 1690. The van der Waals surface area contributed by atoms with Gasteiger partial charge < -0.3 is 20.1 Å². The van der Waals surface area contributed by atoms with Crippen LogP contribution in [0.1, 0.15) is 64.6 Å². The summed E-state index contributed by atoms with van der Waals surface area (Å²) in [4.78, 5) is 41.2. The Hall–Kier alpha value is -4.51. The highest BCUT2D eigenvalue weighted by Crippen LogP contribution is 2.30. The SMILES string of the molecule is C=CCn1c(=O)c2cnc(Nc3ccc(C4CCN(C(=O)OC(C)(C)C)CC4)cc3)nc2n1-c1cccc(C(C)(C)O)n1. The average molecular weight is 586 g/mol. The summed E-state index contributed by atoms with van der Waals surface area (Å²) in [6.07, 6.45) is 4.62. The Kier molecular flexibility index (Phi) is 8.11. The number of allylic oxidation sites excluding steroid dienone is 1. The molecular formula is C32H39N7O4. The molecule has 2 N–H and O–H groups in total. The van der Waals surface area contributed by atoms with Gasteiger partial charge in [0, 0.05) is 25.0 Å². The zero-order valence-corrected chi connectivity index (χ0v) is 25.4. The highest BCUT2D eigenvalue weighted by Gasteiger charge is 2.27. The molecule has 0 radical (unpaired) electrons. The maximum absolute atomic E-state index is 13.3. The number of rotatable bonds is 7. The second-order valence-corrected chi connectivity index (χ2v) is 12.3. The molecular weight excluding hydrogens is 546 g/mol. The summed E-state index contributed by atoms with van der Waals surface area (Å²) in [6.45, 7) is 14.3. The van der Waals surface area contributed by atoms with Crippen molar-refractivity contribution in [3.8, 4) is 5.82 Å². The first kappa shape index (κ1) is 30.0. The number of pyridine rings is 1. The lowest BCUT2D eigenvalue weighted by atomic mass is 9.89. The van der Waals surface area contributed by atoms with Gasteiger partial charge in [0.1, 0.15) is 16.6 Å². The average Bonchev–Trinajstić information content (AvgIpc) is 3.23. The first-order chi connectivity index (χ1) is 20.3. The van der Waals surface area contributed by atoms with Crippen molar-refractivity contribution in [3.63, 3.8) is 0 Å². The van der Waals surface area contributed by atoms with Gasteiger partial charge in [-0.05, 0) is 83.2 Å². The van der Waals surface area contributed by atoms with E-state index in [2.05, 4.69) is 34.0 Å². The molecule has 1 aromatic carbocycles. The number of aromatic nitrogens is 5. The van der Waals surface area contributed by atoms with E-state index in [0.29, 0.717) is 47.5 Å². The molecule has 5 rings (SSSR count). The van der Waals surface area contributed by atoms with Gasteiger partial charge in [-0.3, -0.25) is 4.79 Å². The topological polar surface area (TPSA) is 127 Å². The molecule has 3 aromatic heterocycles. The number of nitrogens with zero attached hydrogens (tertiary/aromatic N) is 6. The summed E-state index contributed by atoms with van der Waals surface area (Å²) in [7, 11) is 0. The molecule has 4 heterocycles. The van der Waals surface area contributed by atoms with Crippen molar-refractivity contribution in [3.05, 3.63) is 82.9 Å². The van der Waals surface area contributed by atoms with Crippen LogP contribution in [0.3, 0.4) is 0 Å². The molecule has 0 atom stereocenters. The largest absolute Gasteiger partial charge is 0.444 e. The number of hydrogen-bond acceptors (Lipinski definition) is 8. The maximum Gasteiger partial charge on any atom is 0.410 e. The number of likely N-dealkylation sites (tertiary alicyclic amines) is 1. The highest BCUT2D eigenvalue weighted by molar-refractivity contribution is 5.77. The van der Waals surface area contributed by atoms with Crippen LogP contribution in [0.15, 0.2) is 66.1 Å². The van der Waals surface area contributed by atoms with Crippen molar-refractivity contribution in [2.75, 3.05) is 18.4 Å². The lowest BCUT2D eigenvalue weighted by Gasteiger charge is -2.33. The number of hydrogen-bond donors (Lipinski definition) is 2. The van der Waals surface area contributed by atoms with Gasteiger partial charge in [0.05, 0.1) is 12.2 Å². The van der Waals surface area contributed by atoms with E-state index in [1.54, 1.807) is 47.7 Å². The minimum absolute atomic E-state index is 0.241. The fraction of sp³-hybridized carbons (Fsp3) is 0.406. The Labute approximate surface area is 250 Å². The van der Waals surface area contributed by atoms with Crippen LogP contribution in [-0.4, -0.2) is 59.1 Å². The molecule has 11 nitrogen and oxygen atoms in total. The third kappa shape index (κ3) is 6.61. The van der Waals surface area contributed by atoms with E-state index in [-0.39, 0.29) is 18.2 Å². The van der Waals surface area contributed by atoms with Crippen LogP contribution in [0.4, 0.5) is 16.4 Å². The highest BCUT2D eigenvalue weighted by atomic mass is 16.6. The third-order valence-corrected chi connectivity index (χ3v) is 7.34. The van der Waals surface area contributed by atoms with Crippen molar-refractivity contribution in [2.45, 2.75) is 71.1 Å². The maximum atomic E-state index is 13.3.